The Hall–Kier alpha value is -2.72. The van der Waals surface area contributed by atoms with Crippen molar-refractivity contribution in [1.29, 1.82) is 0 Å². The van der Waals surface area contributed by atoms with Crippen molar-refractivity contribution in [3.63, 3.8) is 0 Å². The molecule has 1 aliphatic rings. The fourth-order valence-corrected chi connectivity index (χ4v) is 4.59. The van der Waals surface area contributed by atoms with E-state index in [2.05, 4.69) is 71.7 Å². The van der Waals surface area contributed by atoms with Gasteiger partial charge in [-0.25, -0.2) is 0 Å². The summed E-state index contributed by atoms with van der Waals surface area (Å²) >= 11 is 1.87. The van der Waals surface area contributed by atoms with Gasteiger partial charge in [-0.2, -0.15) is 0 Å². The second-order valence-electron chi connectivity index (χ2n) is 7.43. The molecule has 0 radical (unpaired) electrons. The van der Waals surface area contributed by atoms with Crippen LogP contribution in [0.2, 0.25) is 0 Å². The molecule has 0 saturated carbocycles. The maximum absolute atomic E-state index is 12.7. The molecule has 4 heteroatoms. The molecular formula is C25H26N2OS. The van der Waals surface area contributed by atoms with E-state index in [4.69, 9.17) is 0 Å². The average Bonchev–Trinajstić information content (AvgIpc) is 2.76. The van der Waals surface area contributed by atoms with Gasteiger partial charge < -0.3 is 10.2 Å². The number of nitrogens with zero attached hydrogens (tertiary/aromatic N) is 1. The van der Waals surface area contributed by atoms with Gasteiger partial charge in [-0.05, 0) is 42.7 Å². The smallest absolute Gasteiger partial charge is 0.251 e. The maximum Gasteiger partial charge on any atom is 0.251 e. The highest BCUT2D eigenvalue weighted by atomic mass is 32.2. The number of fused-ring (bicyclic) bond motifs is 1. The van der Waals surface area contributed by atoms with Crippen molar-refractivity contribution < 1.29 is 4.79 Å². The molecule has 3 aromatic carbocycles. The summed E-state index contributed by atoms with van der Waals surface area (Å²) in [6.07, 6.45) is 0.840. The average molecular weight is 403 g/mol. The molecule has 0 aromatic heterocycles. The number of amides is 1. The minimum atomic E-state index is -0.00449. The number of hydrogen-bond donors (Lipinski definition) is 1. The molecule has 0 unspecified atom stereocenters. The molecular weight excluding hydrogens is 376 g/mol. The lowest BCUT2D eigenvalue weighted by atomic mass is 10.1. The Kier molecular flexibility index (Phi) is 6.20. The van der Waals surface area contributed by atoms with Crippen LogP contribution in [0.1, 0.15) is 27.0 Å². The topological polar surface area (TPSA) is 32.3 Å². The van der Waals surface area contributed by atoms with E-state index in [1.165, 1.54) is 21.6 Å². The number of anilines is 1. The normalized spacial score (nSPS) is 13.1. The molecule has 148 valence electrons. The zero-order chi connectivity index (χ0) is 20.1. The van der Waals surface area contributed by atoms with Crippen LogP contribution in [0.15, 0.2) is 77.7 Å². The Bertz CT molecular complexity index is 970. The molecule has 0 bridgehead atoms. The number of rotatable bonds is 6. The SMILES string of the molecule is Cc1ccc(CCNC(=O)c2ccc3c(c2)N(Cc2ccccc2)CCS3)cc1. The Morgan fingerprint density at radius 1 is 1.00 bits per heavy atom. The van der Waals surface area contributed by atoms with Crippen LogP contribution in [0.3, 0.4) is 0 Å². The minimum absolute atomic E-state index is 0.00449. The van der Waals surface area contributed by atoms with E-state index >= 15 is 0 Å². The molecule has 3 aromatic rings. The number of carbonyl (C=O) groups is 1. The second kappa shape index (κ2) is 9.19. The Morgan fingerprint density at radius 2 is 1.79 bits per heavy atom. The standard InChI is InChI=1S/C25H26N2OS/c1-19-7-9-20(10-8-19)13-14-26-25(28)22-11-12-24-23(17-22)27(15-16-29-24)18-21-5-3-2-4-6-21/h2-12,17H,13-16,18H2,1H3,(H,26,28). The van der Waals surface area contributed by atoms with Crippen LogP contribution in [0.5, 0.6) is 0 Å². The van der Waals surface area contributed by atoms with Gasteiger partial charge in [0.2, 0.25) is 0 Å². The molecule has 0 atom stereocenters. The van der Waals surface area contributed by atoms with Crippen molar-refractivity contribution in [3.05, 3.63) is 95.1 Å². The number of carbonyl (C=O) groups excluding carboxylic acids is 1. The van der Waals surface area contributed by atoms with E-state index < -0.39 is 0 Å². The van der Waals surface area contributed by atoms with Crippen LogP contribution >= 0.6 is 11.8 Å². The quantitative estimate of drug-likeness (QED) is 0.624. The summed E-state index contributed by atoms with van der Waals surface area (Å²) in [6.45, 7) is 4.58. The van der Waals surface area contributed by atoms with Gasteiger partial charge in [0.25, 0.3) is 5.91 Å². The molecule has 29 heavy (non-hydrogen) atoms. The fraction of sp³-hybridized carbons (Fsp3) is 0.240. The molecule has 0 saturated heterocycles. The van der Waals surface area contributed by atoms with E-state index in [1.54, 1.807) is 0 Å². The maximum atomic E-state index is 12.7. The molecule has 0 aliphatic carbocycles. The molecule has 3 nitrogen and oxygen atoms in total. The minimum Gasteiger partial charge on any atom is -0.365 e. The first-order chi connectivity index (χ1) is 14.2. The van der Waals surface area contributed by atoms with E-state index in [1.807, 2.05) is 30.0 Å². The molecule has 1 amide bonds. The summed E-state index contributed by atoms with van der Waals surface area (Å²) in [6, 6.07) is 25.1. The molecule has 1 N–H and O–H groups in total. The first-order valence-electron chi connectivity index (χ1n) is 10.1. The lowest BCUT2D eigenvalue weighted by Gasteiger charge is -2.31. The molecule has 4 rings (SSSR count). The number of thioether (sulfide) groups is 1. The van der Waals surface area contributed by atoms with Crippen molar-refractivity contribution in [2.24, 2.45) is 0 Å². The molecule has 0 fully saturated rings. The van der Waals surface area contributed by atoms with Gasteiger partial charge in [-0.1, -0.05) is 60.2 Å². The Balaban J connectivity index is 1.42. The van der Waals surface area contributed by atoms with Crippen molar-refractivity contribution in [1.82, 2.24) is 5.32 Å². The summed E-state index contributed by atoms with van der Waals surface area (Å²) in [5.74, 6) is 1.07. The third-order valence-electron chi connectivity index (χ3n) is 5.22. The molecule has 1 aliphatic heterocycles. The van der Waals surface area contributed by atoms with Crippen molar-refractivity contribution in [3.8, 4) is 0 Å². The zero-order valence-corrected chi connectivity index (χ0v) is 17.5. The lowest BCUT2D eigenvalue weighted by Crippen LogP contribution is -2.30. The Labute approximate surface area is 177 Å². The van der Waals surface area contributed by atoms with Gasteiger partial charge in [-0.3, -0.25) is 4.79 Å². The van der Waals surface area contributed by atoms with Crippen LogP contribution < -0.4 is 10.2 Å². The van der Waals surface area contributed by atoms with Crippen LogP contribution in [-0.2, 0) is 13.0 Å². The molecule has 1 heterocycles. The third kappa shape index (κ3) is 5.01. The largest absolute Gasteiger partial charge is 0.365 e. The summed E-state index contributed by atoms with van der Waals surface area (Å²) in [5.41, 5.74) is 5.68. The lowest BCUT2D eigenvalue weighted by molar-refractivity contribution is 0.0954. The van der Waals surface area contributed by atoms with Crippen molar-refractivity contribution in [2.75, 3.05) is 23.7 Å². The summed E-state index contributed by atoms with van der Waals surface area (Å²) < 4.78 is 0. The number of aryl methyl sites for hydroxylation is 1. The highest BCUT2D eigenvalue weighted by Crippen LogP contribution is 2.36. The summed E-state index contributed by atoms with van der Waals surface area (Å²) in [4.78, 5) is 16.3. The first kappa shape index (κ1) is 19.6. The van der Waals surface area contributed by atoms with Crippen LogP contribution in [0, 0.1) is 6.92 Å². The summed E-state index contributed by atoms with van der Waals surface area (Å²) in [7, 11) is 0. The van der Waals surface area contributed by atoms with Crippen molar-refractivity contribution in [2.45, 2.75) is 24.8 Å². The van der Waals surface area contributed by atoms with Crippen LogP contribution in [-0.4, -0.2) is 24.7 Å². The highest BCUT2D eigenvalue weighted by molar-refractivity contribution is 7.99. The Morgan fingerprint density at radius 3 is 2.59 bits per heavy atom. The number of hydrogen-bond acceptors (Lipinski definition) is 3. The van der Waals surface area contributed by atoms with E-state index in [9.17, 15) is 4.79 Å². The van der Waals surface area contributed by atoms with Gasteiger partial charge in [-0.15, -0.1) is 11.8 Å². The predicted octanol–water partition coefficient (Wildman–Crippen LogP) is 5.08. The van der Waals surface area contributed by atoms with Crippen LogP contribution in [0.25, 0.3) is 0 Å². The van der Waals surface area contributed by atoms with Gasteiger partial charge in [0.15, 0.2) is 0 Å². The van der Waals surface area contributed by atoms with E-state index in [-0.39, 0.29) is 5.91 Å². The third-order valence-corrected chi connectivity index (χ3v) is 6.26. The summed E-state index contributed by atoms with van der Waals surface area (Å²) in [5, 5.41) is 3.07. The zero-order valence-electron chi connectivity index (χ0n) is 16.7. The van der Waals surface area contributed by atoms with Crippen LogP contribution in [0.4, 0.5) is 5.69 Å². The van der Waals surface area contributed by atoms with Gasteiger partial charge in [0, 0.05) is 35.8 Å². The first-order valence-corrected chi connectivity index (χ1v) is 11.1. The number of benzene rings is 3. The van der Waals surface area contributed by atoms with E-state index in [0.717, 1.165) is 36.5 Å². The fourth-order valence-electron chi connectivity index (χ4n) is 3.56. The molecule has 0 spiro atoms. The monoisotopic (exact) mass is 402 g/mol. The van der Waals surface area contributed by atoms with Gasteiger partial charge >= 0.3 is 0 Å². The van der Waals surface area contributed by atoms with E-state index in [0.29, 0.717) is 6.54 Å². The predicted molar refractivity (Wildman–Crippen MR) is 122 cm³/mol. The highest BCUT2D eigenvalue weighted by Gasteiger charge is 2.19. The second-order valence-corrected chi connectivity index (χ2v) is 8.57. The van der Waals surface area contributed by atoms with Gasteiger partial charge in [0.05, 0.1) is 5.69 Å². The van der Waals surface area contributed by atoms with Crippen molar-refractivity contribution >= 4 is 23.4 Å². The number of nitrogens with one attached hydrogen (secondary N) is 1. The van der Waals surface area contributed by atoms with Gasteiger partial charge in [0.1, 0.15) is 0 Å².